The molecule has 0 saturated carbocycles. The monoisotopic (exact) mass is 361 g/mol. The Labute approximate surface area is 156 Å². The lowest BCUT2D eigenvalue weighted by Crippen LogP contribution is -2.29. The molecule has 1 heterocycles. The topological polar surface area (TPSA) is 79.5 Å². The van der Waals surface area contributed by atoms with E-state index in [-0.39, 0.29) is 5.91 Å². The predicted octanol–water partition coefficient (Wildman–Crippen LogP) is 4.60. The zero-order chi connectivity index (χ0) is 19.9. The van der Waals surface area contributed by atoms with Crippen LogP contribution in [0.3, 0.4) is 0 Å². The molecule has 0 fully saturated rings. The fourth-order valence-corrected chi connectivity index (χ4v) is 2.95. The van der Waals surface area contributed by atoms with Crippen LogP contribution in [0.5, 0.6) is 0 Å². The maximum atomic E-state index is 12.5. The van der Waals surface area contributed by atoms with Crippen LogP contribution in [0.25, 0.3) is 0 Å². The quantitative estimate of drug-likeness (QED) is 0.719. The summed E-state index contributed by atoms with van der Waals surface area (Å²) in [4.78, 5) is 24.8. The molecule has 2 amide bonds. The lowest BCUT2D eigenvalue weighted by molar-refractivity contribution is -0.123. The van der Waals surface area contributed by atoms with E-state index >= 15 is 0 Å². The van der Waals surface area contributed by atoms with Gasteiger partial charge in [-0.2, -0.15) is 0 Å². The Hall–Kier alpha value is -2.24. The zero-order valence-electron chi connectivity index (χ0n) is 17.1. The van der Waals surface area contributed by atoms with Gasteiger partial charge in [0, 0.05) is 12.0 Å². The van der Waals surface area contributed by atoms with Crippen LogP contribution in [0.1, 0.15) is 58.2 Å². The van der Waals surface area contributed by atoms with Crippen molar-refractivity contribution in [2.45, 2.75) is 67.4 Å². The Bertz CT molecular complexity index is 740. The average molecular weight is 361 g/mol. The predicted molar refractivity (Wildman–Crippen MR) is 106 cm³/mol. The van der Waals surface area contributed by atoms with Gasteiger partial charge in [-0.15, -0.1) is 0 Å². The number of benzene rings is 1. The molecule has 0 aromatic heterocycles. The first kappa shape index (κ1) is 20.1. The molecule has 0 saturated heterocycles. The molecule has 2 rings (SSSR count). The Balaban J connectivity index is 2.45. The number of anilines is 3. The van der Waals surface area contributed by atoms with Gasteiger partial charge in [0.15, 0.2) is 0 Å². The number of hydrogen-bond donors (Lipinski definition) is 3. The van der Waals surface area contributed by atoms with Crippen LogP contribution >= 0.6 is 0 Å². The molecular weight excluding hydrogens is 330 g/mol. The van der Waals surface area contributed by atoms with Gasteiger partial charge in [0.1, 0.15) is 5.60 Å². The van der Waals surface area contributed by atoms with Crippen LogP contribution < -0.4 is 16.0 Å². The first-order valence-electron chi connectivity index (χ1n) is 9.02. The molecule has 6 nitrogen and oxygen atoms in total. The summed E-state index contributed by atoms with van der Waals surface area (Å²) >= 11 is 0. The van der Waals surface area contributed by atoms with Crippen molar-refractivity contribution < 1.29 is 14.3 Å². The van der Waals surface area contributed by atoms with E-state index in [0.717, 1.165) is 41.0 Å². The van der Waals surface area contributed by atoms with E-state index in [9.17, 15) is 9.59 Å². The number of carbonyl (C=O) groups excluding carboxylic acids is 2. The van der Waals surface area contributed by atoms with Crippen molar-refractivity contribution in [1.29, 1.82) is 0 Å². The fourth-order valence-electron chi connectivity index (χ4n) is 2.95. The van der Waals surface area contributed by atoms with E-state index in [1.54, 1.807) is 0 Å². The summed E-state index contributed by atoms with van der Waals surface area (Å²) < 4.78 is 5.39. The number of hydrogen-bond acceptors (Lipinski definition) is 4. The van der Waals surface area contributed by atoms with Crippen LogP contribution in [-0.2, 0) is 16.0 Å². The van der Waals surface area contributed by atoms with E-state index in [4.69, 9.17) is 4.74 Å². The molecule has 1 aliphatic heterocycles. The summed E-state index contributed by atoms with van der Waals surface area (Å²) in [5.41, 5.74) is 4.23. The number of ether oxygens (including phenoxy) is 1. The highest BCUT2D eigenvalue weighted by Crippen LogP contribution is 2.42. The SMILES string of the molecule is Cc1c2c(c(NC(=O)C(C)(C)C)c(C)c1NC(=O)OC(C)(C)C)NCC2. The highest BCUT2D eigenvalue weighted by atomic mass is 16.6. The molecule has 0 aliphatic carbocycles. The second-order valence-electron chi connectivity index (χ2n) is 8.86. The molecule has 0 atom stereocenters. The van der Waals surface area contributed by atoms with Gasteiger partial charge in [0.2, 0.25) is 5.91 Å². The third-order valence-corrected chi connectivity index (χ3v) is 4.35. The second kappa shape index (κ2) is 6.82. The van der Waals surface area contributed by atoms with E-state index in [2.05, 4.69) is 16.0 Å². The summed E-state index contributed by atoms with van der Waals surface area (Å²) in [5, 5.41) is 9.29. The normalized spacial score (nSPS) is 13.7. The van der Waals surface area contributed by atoms with Gasteiger partial charge in [-0.05, 0) is 57.7 Å². The van der Waals surface area contributed by atoms with Crippen molar-refractivity contribution in [2.24, 2.45) is 5.41 Å². The zero-order valence-corrected chi connectivity index (χ0v) is 17.1. The van der Waals surface area contributed by atoms with Crippen LogP contribution in [-0.4, -0.2) is 24.1 Å². The smallest absolute Gasteiger partial charge is 0.412 e. The van der Waals surface area contributed by atoms with Gasteiger partial charge in [0.25, 0.3) is 0 Å². The van der Waals surface area contributed by atoms with Gasteiger partial charge in [-0.25, -0.2) is 4.79 Å². The lowest BCUT2D eigenvalue weighted by atomic mass is 9.94. The highest BCUT2D eigenvalue weighted by Gasteiger charge is 2.28. The second-order valence-corrected chi connectivity index (χ2v) is 8.86. The van der Waals surface area contributed by atoms with Gasteiger partial charge in [-0.3, -0.25) is 10.1 Å². The summed E-state index contributed by atoms with van der Waals surface area (Å²) in [6, 6.07) is 0. The Morgan fingerprint density at radius 1 is 0.962 bits per heavy atom. The Morgan fingerprint density at radius 3 is 2.12 bits per heavy atom. The molecule has 1 aromatic carbocycles. The molecule has 26 heavy (non-hydrogen) atoms. The molecule has 0 unspecified atom stereocenters. The lowest BCUT2D eigenvalue weighted by Gasteiger charge is -2.25. The largest absolute Gasteiger partial charge is 0.444 e. The molecule has 6 heteroatoms. The van der Waals surface area contributed by atoms with Crippen molar-refractivity contribution in [3.05, 3.63) is 16.7 Å². The third-order valence-electron chi connectivity index (χ3n) is 4.35. The van der Waals surface area contributed by atoms with E-state index in [1.807, 2.05) is 55.4 Å². The van der Waals surface area contributed by atoms with Crippen molar-refractivity contribution in [3.63, 3.8) is 0 Å². The maximum absolute atomic E-state index is 12.5. The maximum Gasteiger partial charge on any atom is 0.412 e. The van der Waals surface area contributed by atoms with Crippen LogP contribution in [0, 0.1) is 19.3 Å². The van der Waals surface area contributed by atoms with E-state index in [1.165, 1.54) is 0 Å². The van der Waals surface area contributed by atoms with Crippen molar-refractivity contribution in [2.75, 3.05) is 22.5 Å². The molecular formula is C20H31N3O3. The molecule has 1 aromatic rings. The first-order chi connectivity index (χ1) is 11.8. The Kier molecular flexibility index (Phi) is 5.26. The van der Waals surface area contributed by atoms with E-state index in [0.29, 0.717) is 5.69 Å². The minimum atomic E-state index is -0.576. The summed E-state index contributed by atoms with van der Waals surface area (Å²) in [6.07, 6.45) is 0.353. The summed E-state index contributed by atoms with van der Waals surface area (Å²) in [6.45, 7) is 15.8. The van der Waals surface area contributed by atoms with Crippen LogP contribution in [0.4, 0.5) is 21.9 Å². The highest BCUT2D eigenvalue weighted by molar-refractivity contribution is 6.02. The fraction of sp³-hybridized carbons (Fsp3) is 0.600. The number of rotatable bonds is 2. The Morgan fingerprint density at radius 2 is 1.58 bits per heavy atom. The van der Waals surface area contributed by atoms with E-state index < -0.39 is 17.1 Å². The van der Waals surface area contributed by atoms with Gasteiger partial charge in [0.05, 0.1) is 17.1 Å². The molecule has 0 radical (unpaired) electrons. The van der Waals surface area contributed by atoms with Crippen LogP contribution in [0.15, 0.2) is 0 Å². The molecule has 144 valence electrons. The number of nitrogens with one attached hydrogen (secondary N) is 3. The average Bonchev–Trinajstić information content (AvgIpc) is 2.94. The minimum absolute atomic E-state index is 0.0661. The molecule has 1 aliphatic rings. The van der Waals surface area contributed by atoms with Crippen LogP contribution in [0.2, 0.25) is 0 Å². The van der Waals surface area contributed by atoms with Gasteiger partial charge >= 0.3 is 6.09 Å². The van der Waals surface area contributed by atoms with Crippen molar-refractivity contribution >= 4 is 29.1 Å². The third kappa shape index (κ3) is 4.29. The van der Waals surface area contributed by atoms with Gasteiger partial charge < -0.3 is 15.4 Å². The summed E-state index contributed by atoms with van der Waals surface area (Å²) in [7, 11) is 0. The molecule has 3 N–H and O–H groups in total. The first-order valence-corrected chi connectivity index (χ1v) is 9.02. The minimum Gasteiger partial charge on any atom is -0.444 e. The standard InChI is InChI=1S/C20H31N3O3/c1-11-13-9-10-21-16(13)15(22-17(24)19(3,4)5)12(2)14(11)23-18(25)26-20(6,7)8/h21H,9-10H2,1-8H3,(H,22,24)(H,23,25). The van der Waals surface area contributed by atoms with Crippen molar-refractivity contribution in [3.8, 4) is 0 Å². The molecule has 0 spiro atoms. The number of fused-ring (bicyclic) bond motifs is 1. The summed E-state index contributed by atoms with van der Waals surface area (Å²) in [5.74, 6) is -0.0661. The number of amides is 2. The molecule has 0 bridgehead atoms. The van der Waals surface area contributed by atoms with Gasteiger partial charge in [-0.1, -0.05) is 20.8 Å². The number of carbonyl (C=O) groups is 2. The van der Waals surface area contributed by atoms with Crippen molar-refractivity contribution in [1.82, 2.24) is 0 Å².